The molecule has 0 saturated carbocycles. The Labute approximate surface area is 230 Å². The van der Waals surface area contributed by atoms with Crippen LogP contribution in [0.5, 0.6) is 0 Å². The molecule has 5 aromatic carbocycles. The summed E-state index contributed by atoms with van der Waals surface area (Å²) in [4.78, 5) is 14.6. The van der Waals surface area contributed by atoms with Crippen LogP contribution in [0.1, 0.15) is 0 Å². The monoisotopic (exact) mass is 514 g/mol. The summed E-state index contributed by atoms with van der Waals surface area (Å²) >= 11 is 0. The second-order valence-corrected chi connectivity index (χ2v) is 9.72. The lowest BCUT2D eigenvalue weighted by Crippen LogP contribution is -2.00. The number of furan rings is 1. The van der Waals surface area contributed by atoms with Crippen molar-refractivity contribution in [1.82, 2.24) is 19.5 Å². The molecule has 0 fully saturated rings. The Balaban J connectivity index is 1.28. The Morgan fingerprint density at radius 3 is 1.57 bits per heavy atom. The molecule has 3 heterocycles. The van der Waals surface area contributed by atoms with E-state index >= 15 is 0 Å². The van der Waals surface area contributed by atoms with Crippen LogP contribution in [-0.2, 0) is 0 Å². The fourth-order valence-corrected chi connectivity index (χ4v) is 5.39. The van der Waals surface area contributed by atoms with Crippen LogP contribution in [0.15, 0.2) is 138 Å². The number of aromatic nitrogens is 4. The van der Waals surface area contributed by atoms with Crippen molar-refractivity contribution >= 4 is 33.0 Å². The van der Waals surface area contributed by atoms with E-state index in [2.05, 4.69) is 65.2 Å². The van der Waals surface area contributed by atoms with Crippen LogP contribution in [0.2, 0.25) is 0 Å². The highest BCUT2D eigenvalue weighted by Crippen LogP contribution is 2.39. The molecule has 40 heavy (non-hydrogen) atoms. The zero-order chi connectivity index (χ0) is 26.5. The molecule has 8 aromatic rings. The van der Waals surface area contributed by atoms with Crippen molar-refractivity contribution in [2.45, 2.75) is 0 Å². The van der Waals surface area contributed by atoms with Gasteiger partial charge in [-0.05, 0) is 36.4 Å². The molecule has 8 rings (SSSR count). The van der Waals surface area contributed by atoms with E-state index in [-0.39, 0.29) is 0 Å². The third kappa shape index (κ3) is 3.60. The lowest BCUT2D eigenvalue weighted by Gasteiger charge is -2.10. The molecule has 0 atom stereocenters. The minimum atomic E-state index is 0.630. The standard InChI is InChI=1S/C35H22N4O/c1-3-11-23(12-4-1)32-36-33(24-13-5-2-6-14-24)38-34(37-32)25-19-21-26(22-20-25)39-29-17-9-7-15-27(29)31-28-16-8-10-18-30(28)40-35(31)39/h1-22H. The van der Waals surface area contributed by atoms with Crippen molar-refractivity contribution < 1.29 is 4.42 Å². The number of para-hydroxylation sites is 2. The van der Waals surface area contributed by atoms with Crippen LogP contribution in [0.25, 0.3) is 72.8 Å². The fourth-order valence-electron chi connectivity index (χ4n) is 5.39. The van der Waals surface area contributed by atoms with E-state index < -0.39 is 0 Å². The summed E-state index contributed by atoms with van der Waals surface area (Å²) in [5, 5.41) is 3.42. The predicted molar refractivity (Wildman–Crippen MR) is 160 cm³/mol. The quantitative estimate of drug-likeness (QED) is 0.236. The first-order valence-corrected chi connectivity index (χ1v) is 13.2. The van der Waals surface area contributed by atoms with Crippen LogP contribution < -0.4 is 0 Å². The number of rotatable bonds is 4. The van der Waals surface area contributed by atoms with Crippen molar-refractivity contribution in [3.8, 4) is 39.9 Å². The first kappa shape index (κ1) is 22.4. The number of hydrogen-bond acceptors (Lipinski definition) is 4. The van der Waals surface area contributed by atoms with Crippen molar-refractivity contribution in [3.05, 3.63) is 133 Å². The van der Waals surface area contributed by atoms with Gasteiger partial charge in [0.2, 0.25) is 5.71 Å². The van der Waals surface area contributed by atoms with E-state index in [1.165, 1.54) is 5.39 Å². The molecule has 5 heteroatoms. The van der Waals surface area contributed by atoms with Crippen LogP contribution >= 0.6 is 0 Å². The Morgan fingerprint density at radius 2 is 0.950 bits per heavy atom. The molecule has 0 unspecified atom stereocenters. The molecular formula is C35H22N4O. The van der Waals surface area contributed by atoms with E-state index in [4.69, 9.17) is 19.4 Å². The largest absolute Gasteiger partial charge is 0.439 e. The first-order chi connectivity index (χ1) is 19.8. The second-order valence-electron chi connectivity index (χ2n) is 9.72. The zero-order valence-corrected chi connectivity index (χ0v) is 21.4. The van der Waals surface area contributed by atoms with Crippen molar-refractivity contribution in [1.29, 1.82) is 0 Å². The molecule has 5 nitrogen and oxygen atoms in total. The average molecular weight is 515 g/mol. The first-order valence-electron chi connectivity index (χ1n) is 13.2. The third-order valence-corrected chi connectivity index (χ3v) is 7.28. The second kappa shape index (κ2) is 9.03. The maximum absolute atomic E-state index is 6.40. The molecule has 0 spiro atoms. The minimum absolute atomic E-state index is 0.630. The van der Waals surface area contributed by atoms with Gasteiger partial charge in [0.1, 0.15) is 5.58 Å². The van der Waals surface area contributed by atoms with Crippen molar-refractivity contribution in [2.24, 2.45) is 0 Å². The minimum Gasteiger partial charge on any atom is -0.439 e. The van der Waals surface area contributed by atoms with E-state index in [9.17, 15) is 0 Å². The maximum atomic E-state index is 6.40. The SMILES string of the molecule is c1ccc(-c2nc(-c3ccccc3)nc(-c3ccc(-n4c5ccccc5c5c6ccccc6oc54)cc3)n2)cc1. The number of fused-ring (bicyclic) bond motifs is 5. The van der Waals surface area contributed by atoms with Crippen LogP contribution in [0.3, 0.4) is 0 Å². The molecule has 0 bridgehead atoms. The molecule has 3 aromatic heterocycles. The van der Waals surface area contributed by atoms with E-state index in [0.29, 0.717) is 17.5 Å². The van der Waals surface area contributed by atoms with Gasteiger partial charge in [0.15, 0.2) is 17.5 Å². The Bertz CT molecular complexity index is 2090. The Kier molecular flexibility index (Phi) is 5.07. The van der Waals surface area contributed by atoms with Gasteiger partial charge in [-0.3, -0.25) is 4.57 Å². The highest BCUT2D eigenvalue weighted by atomic mass is 16.3. The highest BCUT2D eigenvalue weighted by Gasteiger charge is 2.19. The molecule has 0 N–H and O–H groups in total. The summed E-state index contributed by atoms with van der Waals surface area (Å²) in [7, 11) is 0. The van der Waals surface area contributed by atoms with Gasteiger partial charge in [-0.25, -0.2) is 15.0 Å². The molecule has 0 amide bonds. The van der Waals surface area contributed by atoms with Crippen molar-refractivity contribution in [3.63, 3.8) is 0 Å². The van der Waals surface area contributed by atoms with Crippen LogP contribution in [0, 0.1) is 0 Å². The number of hydrogen-bond donors (Lipinski definition) is 0. The van der Waals surface area contributed by atoms with Gasteiger partial charge in [0.25, 0.3) is 0 Å². The summed E-state index contributed by atoms with van der Waals surface area (Å²) in [6.45, 7) is 0. The summed E-state index contributed by atoms with van der Waals surface area (Å²) in [6.07, 6.45) is 0. The van der Waals surface area contributed by atoms with Gasteiger partial charge in [0, 0.05) is 33.2 Å². The average Bonchev–Trinajstić information content (AvgIpc) is 3.56. The maximum Gasteiger partial charge on any atom is 0.213 e. The molecule has 188 valence electrons. The van der Waals surface area contributed by atoms with Gasteiger partial charge in [-0.15, -0.1) is 0 Å². The molecule has 0 aliphatic rings. The molecule has 0 radical (unpaired) electrons. The lowest BCUT2D eigenvalue weighted by atomic mass is 10.1. The highest BCUT2D eigenvalue weighted by molar-refractivity contribution is 6.19. The molecule has 0 aliphatic carbocycles. The van der Waals surface area contributed by atoms with E-state index in [1.807, 2.05) is 72.8 Å². The normalized spacial score (nSPS) is 11.5. The Morgan fingerprint density at radius 1 is 0.450 bits per heavy atom. The number of nitrogens with zero attached hydrogens (tertiary/aromatic N) is 4. The van der Waals surface area contributed by atoms with Gasteiger partial charge in [-0.2, -0.15) is 0 Å². The third-order valence-electron chi connectivity index (χ3n) is 7.28. The summed E-state index contributed by atoms with van der Waals surface area (Å²) in [5.74, 6) is 1.92. The van der Waals surface area contributed by atoms with E-state index in [0.717, 1.165) is 50.0 Å². The van der Waals surface area contributed by atoms with Gasteiger partial charge in [0.05, 0.1) is 10.9 Å². The Hall–Kier alpha value is -5.55. The predicted octanol–water partition coefficient (Wildman–Crippen LogP) is 8.72. The van der Waals surface area contributed by atoms with Gasteiger partial charge in [-0.1, -0.05) is 97.1 Å². The fraction of sp³-hybridized carbons (Fsp3) is 0. The van der Waals surface area contributed by atoms with Gasteiger partial charge < -0.3 is 4.42 Å². The zero-order valence-electron chi connectivity index (χ0n) is 21.4. The van der Waals surface area contributed by atoms with E-state index in [1.54, 1.807) is 0 Å². The summed E-state index contributed by atoms with van der Waals surface area (Å²) < 4.78 is 8.58. The van der Waals surface area contributed by atoms with Crippen LogP contribution in [-0.4, -0.2) is 19.5 Å². The van der Waals surface area contributed by atoms with Gasteiger partial charge >= 0.3 is 0 Å². The summed E-state index contributed by atoms with van der Waals surface area (Å²) in [5.41, 5.74) is 6.65. The lowest BCUT2D eigenvalue weighted by molar-refractivity contribution is 0.645. The van der Waals surface area contributed by atoms with Crippen molar-refractivity contribution in [2.75, 3.05) is 0 Å². The molecule has 0 aliphatic heterocycles. The topological polar surface area (TPSA) is 56.7 Å². The van der Waals surface area contributed by atoms with Crippen LogP contribution in [0.4, 0.5) is 0 Å². The summed E-state index contributed by atoms with van der Waals surface area (Å²) in [6, 6.07) is 45.0. The number of benzene rings is 5. The molecule has 0 saturated heterocycles. The molecular weight excluding hydrogens is 492 g/mol. The smallest absolute Gasteiger partial charge is 0.213 e.